The molecule has 0 bridgehead atoms. The molecule has 0 saturated carbocycles. The van der Waals surface area contributed by atoms with E-state index in [0.29, 0.717) is 11.5 Å². The molecule has 0 spiro atoms. The van der Waals surface area contributed by atoms with Gasteiger partial charge in [0.1, 0.15) is 11.8 Å². The summed E-state index contributed by atoms with van der Waals surface area (Å²) in [6.07, 6.45) is 4.37. The van der Waals surface area contributed by atoms with Gasteiger partial charge in [0.25, 0.3) is 0 Å². The second-order valence-electron chi connectivity index (χ2n) is 7.48. The highest BCUT2D eigenvalue weighted by molar-refractivity contribution is 7.91. The van der Waals surface area contributed by atoms with Gasteiger partial charge in [0.05, 0.1) is 31.9 Å². The molecule has 2 saturated heterocycles. The number of piperazine rings is 1. The van der Waals surface area contributed by atoms with E-state index < -0.39 is 9.84 Å². The third-order valence-corrected chi connectivity index (χ3v) is 7.66. The lowest BCUT2D eigenvalue weighted by Gasteiger charge is -2.36. The predicted octanol–water partition coefficient (Wildman–Crippen LogP) is 1.11. The molecule has 7 heteroatoms. The van der Waals surface area contributed by atoms with Crippen molar-refractivity contribution < 1.29 is 13.3 Å². The summed E-state index contributed by atoms with van der Waals surface area (Å²) >= 11 is 5.58. The van der Waals surface area contributed by atoms with Crippen LogP contribution in [0.25, 0.3) is 0 Å². The molecule has 2 aliphatic heterocycles. The number of aryl methyl sites for hydroxylation is 1. The van der Waals surface area contributed by atoms with Crippen molar-refractivity contribution >= 4 is 32.9 Å². The summed E-state index contributed by atoms with van der Waals surface area (Å²) in [7, 11) is -2.80. The predicted molar refractivity (Wildman–Crippen MR) is 111 cm³/mol. The number of nitrogens with one attached hydrogen (secondary N) is 2. The van der Waals surface area contributed by atoms with Crippen LogP contribution in [0.15, 0.2) is 24.3 Å². The fourth-order valence-electron chi connectivity index (χ4n) is 3.86. The van der Waals surface area contributed by atoms with Gasteiger partial charge in [0.2, 0.25) is 0 Å². The largest absolute Gasteiger partial charge is 0.338 e. The quantitative estimate of drug-likeness (QED) is 0.731. The average molecular weight is 397 g/mol. The van der Waals surface area contributed by atoms with Gasteiger partial charge in [0.15, 0.2) is 14.9 Å². The minimum Gasteiger partial charge on any atom is -0.338 e. The monoisotopic (exact) mass is 396 g/mol. The van der Waals surface area contributed by atoms with E-state index in [2.05, 4.69) is 41.4 Å². The summed E-state index contributed by atoms with van der Waals surface area (Å²) < 4.78 is 23.4. The number of hydrogen-bond donors (Lipinski definition) is 2. The van der Waals surface area contributed by atoms with Gasteiger partial charge in [-0.15, -0.1) is 0 Å². The van der Waals surface area contributed by atoms with Crippen molar-refractivity contribution in [2.75, 3.05) is 43.0 Å². The standard InChI is InChI=1S/C19H29N3O2S2/c1-2-3-4-16-5-7-17(8-6-16)20-19(25)22-12-10-21(11-13-22)18-9-14-26(23,24)15-18/h5-8,18H,2-4,9-15H2,1H3,(H,20,25)/p+1/t18-/m1/s1. The van der Waals surface area contributed by atoms with Gasteiger partial charge >= 0.3 is 0 Å². The van der Waals surface area contributed by atoms with Gasteiger partial charge in [-0.25, -0.2) is 8.42 Å². The zero-order valence-corrected chi connectivity index (χ0v) is 17.2. The van der Waals surface area contributed by atoms with Gasteiger partial charge in [-0.2, -0.15) is 0 Å². The first-order chi connectivity index (χ1) is 12.5. The molecule has 2 aliphatic rings. The van der Waals surface area contributed by atoms with E-state index in [1.54, 1.807) is 0 Å². The summed E-state index contributed by atoms with van der Waals surface area (Å²) in [5.74, 6) is 0.717. The first-order valence-corrected chi connectivity index (χ1v) is 11.9. The summed E-state index contributed by atoms with van der Waals surface area (Å²) in [4.78, 5) is 3.62. The second kappa shape index (κ2) is 8.67. The van der Waals surface area contributed by atoms with Gasteiger partial charge in [-0.1, -0.05) is 25.5 Å². The zero-order valence-electron chi connectivity index (χ0n) is 15.5. The van der Waals surface area contributed by atoms with Crippen molar-refractivity contribution in [3.63, 3.8) is 0 Å². The third kappa shape index (κ3) is 5.18. The molecule has 2 fully saturated rings. The van der Waals surface area contributed by atoms with Crippen LogP contribution in [0.5, 0.6) is 0 Å². The number of unbranched alkanes of at least 4 members (excludes halogenated alkanes) is 1. The van der Waals surface area contributed by atoms with Crippen LogP contribution in [0.2, 0.25) is 0 Å². The molecule has 0 radical (unpaired) electrons. The number of sulfone groups is 1. The van der Waals surface area contributed by atoms with Crippen LogP contribution in [0.1, 0.15) is 31.7 Å². The highest BCUT2D eigenvalue weighted by atomic mass is 32.2. The van der Waals surface area contributed by atoms with E-state index in [-0.39, 0.29) is 6.04 Å². The molecule has 0 aromatic heterocycles. The number of benzene rings is 1. The number of rotatable bonds is 5. The number of anilines is 1. The highest BCUT2D eigenvalue weighted by Gasteiger charge is 2.37. The fraction of sp³-hybridized carbons (Fsp3) is 0.632. The molecular formula is C19H30N3O2S2+. The summed E-state index contributed by atoms with van der Waals surface area (Å²) in [6.45, 7) is 5.88. The molecule has 26 heavy (non-hydrogen) atoms. The molecule has 1 aromatic rings. The second-order valence-corrected chi connectivity index (χ2v) is 10.1. The van der Waals surface area contributed by atoms with Crippen LogP contribution in [0, 0.1) is 0 Å². The number of thiocarbonyl (C=S) groups is 1. The molecule has 144 valence electrons. The normalized spacial score (nSPS) is 23.1. The van der Waals surface area contributed by atoms with Crippen molar-refractivity contribution in [1.29, 1.82) is 0 Å². The third-order valence-electron chi connectivity index (χ3n) is 5.53. The van der Waals surface area contributed by atoms with Crippen LogP contribution < -0.4 is 10.2 Å². The van der Waals surface area contributed by atoms with Crippen molar-refractivity contribution in [2.45, 2.75) is 38.6 Å². The first-order valence-electron chi connectivity index (χ1n) is 9.67. The van der Waals surface area contributed by atoms with Crippen LogP contribution >= 0.6 is 12.2 Å². The summed E-state index contributed by atoms with van der Waals surface area (Å²) in [5, 5.41) is 4.11. The highest BCUT2D eigenvalue weighted by Crippen LogP contribution is 2.13. The van der Waals surface area contributed by atoms with Crippen LogP contribution in [-0.4, -0.2) is 62.2 Å². The Balaban J connectivity index is 1.46. The lowest BCUT2D eigenvalue weighted by Crippen LogP contribution is -3.18. The molecular weight excluding hydrogens is 366 g/mol. The Kier molecular flexibility index (Phi) is 6.53. The average Bonchev–Trinajstić information content (AvgIpc) is 3.01. The first kappa shape index (κ1) is 19.6. The maximum atomic E-state index is 11.7. The molecule has 3 rings (SSSR count). The van der Waals surface area contributed by atoms with Gasteiger partial charge in [-0.05, 0) is 42.8 Å². The van der Waals surface area contributed by atoms with Crippen molar-refractivity contribution in [3.05, 3.63) is 29.8 Å². The van der Waals surface area contributed by atoms with Crippen LogP contribution in [0.3, 0.4) is 0 Å². The van der Waals surface area contributed by atoms with Gasteiger partial charge in [-0.3, -0.25) is 0 Å². The Morgan fingerprint density at radius 1 is 1.27 bits per heavy atom. The molecule has 1 atom stereocenters. The van der Waals surface area contributed by atoms with Crippen molar-refractivity contribution in [2.24, 2.45) is 0 Å². The van der Waals surface area contributed by atoms with Gasteiger partial charge in [0, 0.05) is 12.1 Å². The molecule has 0 amide bonds. The smallest absolute Gasteiger partial charge is 0.173 e. The number of hydrogen-bond acceptors (Lipinski definition) is 3. The minimum absolute atomic E-state index is 0.277. The Labute approximate surface area is 162 Å². The lowest BCUT2D eigenvalue weighted by molar-refractivity contribution is -0.925. The maximum Gasteiger partial charge on any atom is 0.173 e. The molecule has 2 N–H and O–H groups in total. The van der Waals surface area contributed by atoms with Crippen molar-refractivity contribution in [1.82, 2.24) is 4.90 Å². The van der Waals surface area contributed by atoms with E-state index in [4.69, 9.17) is 12.2 Å². The molecule has 0 aliphatic carbocycles. The lowest BCUT2D eigenvalue weighted by atomic mass is 10.1. The van der Waals surface area contributed by atoms with E-state index >= 15 is 0 Å². The number of quaternary nitrogens is 1. The Morgan fingerprint density at radius 2 is 1.96 bits per heavy atom. The van der Waals surface area contributed by atoms with Crippen LogP contribution in [-0.2, 0) is 16.3 Å². The molecule has 2 heterocycles. The maximum absolute atomic E-state index is 11.7. The Bertz CT molecular complexity index is 711. The summed E-state index contributed by atoms with van der Waals surface area (Å²) in [6, 6.07) is 8.82. The summed E-state index contributed by atoms with van der Waals surface area (Å²) in [5.41, 5.74) is 2.40. The molecule has 1 aromatic carbocycles. The molecule has 5 nitrogen and oxygen atoms in total. The molecule has 0 unspecified atom stereocenters. The minimum atomic E-state index is -2.80. The van der Waals surface area contributed by atoms with Crippen LogP contribution in [0.4, 0.5) is 5.69 Å². The van der Waals surface area contributed by atoms with Gasteiger partial charge < -0.3 is 15.1 Å². The SMILES string of the molecule is CCCCc1ccc(NC(=S)N2CC[NH+]([C@@H]3CCS(=O)(=O)C3)CC2)cc1. The number of nitrogens with zero attached hydrogens (tertiary/aromatic N) is 1. The van der Waals surface area contributed by atoms with Crippen molar-refractivity contribution in [3.8, 4) is 0 Å². The van der Waals surface area contributed by atoms with E-state index in [1.807, 2.05) is 0 Å². The Morgan fingerprint density at radius 3 is 2.54 bits per heavy atom. The topological polar surface area (TPSA) is 53.9 Å². The van der Waals surface area contributed by atoms with E-state index in [0.717, 1.165) is 49.8 Å². The van der Waals surface area contributed by atoms with E-state index in [1.165, 1.54) is 23.3 Å². The van der Waals surface area contributed by atoms with E-state index in [9.17, 15) is 8.42 Å². The Hall–Kier alpha value is -1.18. The fourth-order valence-corrected chi connectivity index (χ4v) is 5.99. The zero-order chi connectivity index (χ0) is 18.6.